The van der Waals surface area contributed by atoms with Gasteiger partial charge in [0.2, 0.25) is 0 Å². The van der Waals surface area contributed by atoms with Gasteiger partial charge in [-0.3, -0.25) is 24.0 Å². The van der Waals surface area contributed by atoms with Gasteiger partial charge in [-0.15, -0.1) is 41.1 Å². The fourth-order valence-electron chi connectivity index (χ4n) is 7.96. The second kappa shape index (κ2) is 30.6. The van der Waals surface area contributed by atoms with Crippen LogP contribution in [0.2, 0.25) is 0 Å². The first-order valence-corrected chi connectivity index (χ1v) is 24.2. The van der Waals surface area contributed by atoms with Gasteiger partial charge in [-0.1, -0.05) is 59.6 Å². The van der Waals surface area contributed by atoms with E-state index in [4.69, 9.17) is 10.2 Å². The average molecular weight is 1570 g/mol. The summed E-state index contributed by atoms with van der Waals surface area (Å²) in [5.41, 5.74) is 6.91. The molecular weight excluding hydrogens is 1520 g/mol. The van der Waals surface area contributed by atoms with E-state index in [1.807, 2.05) is 171 Å². The van der Waals surface area contributed by atoms with Crippen molar-refractivity contribution in [3.8, 4) is 17.1 Å². The van der Waals surface area contributed by atoms with Gasteiger partial charge in [0.25, 0.3) is 0 Å². The van der Waals surface area contributed by atoms with E-state index in [-0.39, 0.29) is 66.1 Å². The van der Waals surface area contributed by atoms with Crippen LogP contribution in [0.1, 0.15) is 13.8 Å². The Bertz CT molecular complexity index is 3590. The number of nitrogens with zero attached hydrogens (tertiary/aromatic N) is 10. The molecule has 1 unspecified atom stereocenters. The van der Waals surface area contributed by atoms with Crippen molar-refractivity contribution in [1.82, 2.24) is 49.3 Å². The Morgan fingerprint density at radius 2 is 0.772 bits per heavy atom. The molecule has 1 atom stereocenters. The van der Waals surface area contributed by atoms with E-state index in [0.29, 0.717) is 0 Å². The first kappa shape index (κ1) is 60.0. The van der Waals surface area contributed by atoms with Crippen molar-refractivity contribution >= 4 is 65.2 Å². The van der Waals surface area contributed by atoms with E-state index < -0.39 is 6.10 Å². The molecule has 7 aromatic heterocycles. The first-order valence-electron chi connectivity index (χ1n) is 24.2. The molecule has 15 heteroatoms. The molecule has 3 radical (unpaired) electrons. The number of aromatic nitrogens is 10. The minimum Gasteiger partial charge on any atom is -0.513 e. The van der Waals surface area contributed by atoms with Crippen LogP contribution in [-0.2, 0) is 60.3 Å². The van der Waals surface area contributed by atoms with Crippen LogP contribution >= 0.6 is 0 Å². The van der Waals surface area contributed by atoms with Crippen LogP contribution in [0.25, 0.3) is 82.2 Å². The van der Waals surface area contributed by atoms with Gasteiger partial charge < -0.3 is 20.2 Å². The van der Waals surface area contributed by atoms with Crippen molar-refractivity contribution in [2.45, 2.75) is 20.0 Å². The molecule has 14 aromatic rings. The van der Waals surface area contributed by atoms with E-state index in [2.05, 4.69) is 102 Å². The quantitative estimate of drug-likeness (QED) is 0.0999. The summed E-state index contributed by atoms with van der Waals surface area (Å²) in [7, 11) is 0. The number of aliphatic hydroxyl groups is 2. The monoisotopic (exact) mass is 1570 g/mol. The summed E-state index contributed by atoms with van der Waals surface area (Å²) in [6, 6.07) is 73.2. The van der Waals surface area contributed by atoms with Gasteiger partial charge in [0.05, 0.1) is 22.9 Å². The number of pyridine rings is 4. The molecule has 0 saturated carbocycles. The SMILES string of the molecule is CC(O)=CC(C)O.[Ir].[Ir].[Ir].[c-]1cc2cccnc2c2[c-]cc3cccnc3c12.[c-]1ccccc1-n1cccn1.[c-]1ccccc1-n1cccn1.[c-]1ccccc1-n1cccn1.c1cnc2c(c1)ccc1c2ccc2cccnc21. The van der Waals surface area contributed by atoms with E-state index in [9.17, 15) is 0 Å². The Balaban J connectivity index is 0.000000156. The molecule has 79 heavy (non-hydrogen) atoms. The number of para-hydroxylation sites is 3. The smallest absolute Gasteiger partial charge is 0.0877 e. The predicted octanol–water partition coefficient (Wildman–Crippen LogP) is 13.3. The number of hydrogen-bond acceptors (Lipinski definition) is 9. The van der Waals surface area contributed by atoms with Crippen LogP contribution in [0.15, 0.2) is 250 Å². The molecule has 7 aromatic carbocycles. The summed E-state index contributed by atoms with van der Waals surface area (Å²) < 4.78 is 5.33. The molecule has 0 saturated heterocycles. The van der Waals surface area contributed by atoms with Crippen molar-refractivity contribution in [2.75, 3.05) is 0 Å². The number of aliphatic hydroxyl groups excluding tert-OH is 2. The maximum absolute atomic E-state index is 8.49. The Labute approximate surface area is 498 Å². The summed E-state index contributed by atoms with van der Waals surface area (Å²) in [5.74, 6) is 0.162. The standard InChI is InChI=1S/C16H10N2.C16H8N2.3C9H7N2.C5H10O2.3Ir/c2*1-3-11-5-7-14-13(15(11)17-9-1)8-6-12-4-2-10-18-16(12)14;3*1-2-5-9(6-3-1)11-8-4-7-10-11;1-4(6)3-5(2)7;;;/h1-10H;1-6,9-10H;3*1-5,7-8H;3-4,6-7H,1-2H3;;;/q;-2;3*-1;;;;. The van der Waals surface area contributed by atoms with E-state index in [0.717, 1.165) is 60.7 Å². The number of hydrogen-bond donors (Lipinski definition) is 2. The number of allylic oxidation sites excluding steroid dienone is 1. The number of fused-ring (bicyclic) bond motifs is 10. The molecule has 2 N–H and O–H groups in total. The average Bonchev–Trinajstić information content (AvgIpc) is 4.43. The summed E-state index contributed by atoms with van der Waals surface area (Å²) in [5, 5.41) is 37.9. The van der Waals surface area contributed by atoms with Crippen molar-refractivity contribution in [3.05, 3.63) is 280 Å². The minimum absolute atomic E-state index is 0. The molecule has 14 rings (SSSR count). The second-order valence-corrected chi connectivity index (χ2v) is 16.7. The maximum atomic E-state index is 8.49. The third kappa shape index (κ3) is 16.2. The van der Waals surface area contributed by atoms with Crippen LogP contribution in [0, 0.1) is 30.3 Å². The van der Waals surface area contributed by atoms with Gasteiger partial charge in [-0.25, -0.2) is 10.8 Å². The molecule has 0 spiro atoms. The van der Waals surface area contributed by atoms with Gasteiger partial charge in [-0.05, 0) is 67.3 Å². The van der Waals surface area contributed by atoms with Gasteiger partial charge >= 0.3 is 0 Å². The topological polar surface area (TPSA) is 145 Å². The zero-order valence-corrected chi connectivity index (χ0v) is 49.7. The Morgan fingerprint density at radius 3 is 1.06 bits per heavy atom. The second-order valence-electron chi connectivity index (χ2n) is 16.7. The molecule has 12 nitrogen and oxygen atoms in total. The minimum atomic E-state index is -0.537. The molecule has 0 aliphatic heterocycles. The molecule has 0 amide bonds. The first-order chi connectivity index (χ1) is 37.4. The summed E-state index contributed by atoms with van der Waals surface area (Å²) in [6.45, 7) is 3.10. The van der Waals surface area contributed by atoms with Gasteiger partial charge in [0.15, 0.2) is 0 Å². The third-order valence-corrected chi connectivity index (χ3v) is 11.3. The predicted molar refractivity (Wildman–Crippen MR) is 302 cm³/mol. The normalized spacial score (nSPS) is 10.7. The van der Waals surface area contributed by atoms with Crippen molar-refractivity contribution in [3.63, 3.8) is 0 Å². The largest absolute Gasteiger partial charge is 0.513 e. The van der Waals surface area contributed by atoms with Crippen molar-refractivity contribution < 1.29 is 70.5 Å². The third-order valence-electron chi connectivity index (χ3n) is 11.3. The Kier molecular flexibility index (Phi) is 23.3. The van der Waals surface area contributed by atoms with Crippen LogP contribution in [0.4, 0.5) is 0 Å². The zero-order chi connectivity index (χ0) is 52.3. The fourth-order valence-corrected chi connectivity index (χ4v) is 7.96. The van der Waals surface area contributed by atoms with Crippen LogP contribution in [-0.4, -0.2) is 65.6 Å². The van der Waals surface area contributed by atoms with Crippen LogP contribution < -0.4 is 0 Å². The van der Waals surface area contributed by atoms with Gasteiger partial charge in [0.1, 0.15) is 0 Å². The molecule has 0 bridgehead atoms. The molecule has 7 heterocycles. The number of rotatable bonds is 4. The molecule has 0 aliphatic rings. The van der Waals surface area contributed by atoms with Crippen LogP contribution in [0.3, 0.4) is 0 Å². The Morgan fingerprint density at radius 1 is 0.418 bits per heavy atom. The van der Waals surface area contributed by atoms with Crippen molar-refractivity contribution in [1.29, 1.82) is 0 Å². The molecule has 0 aliphatic carbocycles. The van der Waals surface area contributed by atoms with Crippen LogP contribution in [0.5, 0.6) is 0 Å². The van der Waals surface area contributed by atoms with Crippen molar-refractivity contribution in [2.24, 2.45) is 0 Å². The fraction of sp³-hybridized carbons (Fsp3) is 0.0469. The number of benzene rings is 7. The van der Waals surface area contributed by atoms with Gasteiger partial charge in [0, 0.05) is 144 Å². The van der Waals surface area contributed by atoms with E-state index in [1.165, 1.54) is 34.5 Å². The zero-order valence-electron chi connectivity index (χ0n) is 42.5. The van der Waals surface area contributed by atoms with E-state index in [1.54, 1.807) is 52.0 Å². The molecule has 399 valence electrons. The molecular formula is C64H49Ir3N10O2-5. The van der Waals surface area contributed by atoms with E-state index >= 15 is 0 Å². The molecule has 0 fully saturated rings. The summed E-state index contributed by atoms with van der Waals surface area (Å²) >= 11 is 0. The maximum Gasteiger partial charge on any atom is 0.0877 e. The summed E-state index contributed by atoms with van der Waals surface area (Å²) in [4.78, 5) is 17.9. The van der Waals surface area contributed by atoms with Gasteiger partial charge in [-0.2, -0.15) is 112 Å². The Hall–Kier alpha value is -8.22. The summed E-state index contributed by atoms with van der Waals surface area (Å²) in [6.07, 6.45) is 19.0.